The predicted molar refractivity (Wildman–Crippen MR) is 97.2 cm³/mol. The van der Waals surface area contributed by atoms with Crippen LogP contribution in [0.25, 0.3) is 0 Å². The van der Waals surface area contributed by atoms with E-state index in [1.165, 1.54) is 24.1 Å². The Labute approximate surface area is 151 Å². The van der Waals surface area contributed by atoms with Gasteiger partial charge in [0.1, 0.15) is 5.60 Å². The third-order valence-corrected chi connectivity index (χ3v) is 6.35. The van der Waals surface area contributed by atoms with Crippen LogP contribution in [0.15, 0.2) is 18.3 Å². The van der Waals surface area contributed by atoms with Crippen molar-refractivity contribution < 1.29 is 9.53 Å². The fraction of sp³-hybridized carbons (Fsp3) is 0.714. The molecule has 1 aliphatic heterocycles. The number of ether oxygens (including phenoxy) is 1. The van der Waals surface area contributed by atoms with Gasteiger partial charge in [0.05, 0.1) is 5.54 Å². The van der Waals surface area contributed by atoms with E-state index in [2.05, 4.69) is 17.9 Å². The lowest BCUT2D eigenvalue weighted by Gasteiger charge is -2.61. The number of aromatic nitrogens is 1. The standard InChI is InChI=1S/C21H30N2O2/c1-14-11-15-12-18-17(7-5-9-22-18)21(13-14)16(15)8-6-10-23(21)19(24)25-20(2,3)4/h5,7,9,14-16H,6,8,10-13H2,1-4H3/t14-,15+,16-,21-/m1/s1. The minimum atomic E-state index is -0.465. The molecule has 4 atom stereocenters. The normalized spacial score (nSPS) is 34.1. The van der Waals surface area contributed by atoms with Gasteiger partial charge in [-0.1, -0.05) is 13.0 Å². The number of fused-ring (bicyclic) bond motifs is 1. The molecule has 1 amide bonds. The molecule has 3 aliphatic rings. The van der Waals surface area contributed by atoms with Crippen molar-refractivity contribution in [3.8, 4) is 0 Å². The third-order valence-electron chi connectivity index (χ3n) is 6.35. The summed E-state index contributed by atoms with van der Waals surface area (Å²) in [7, 11) is 0. The maximum atomic E-state index is 13.2. The van der Waals surface area contributed by atoms with Crippen molar-refractivity contribution in [3.63, 3.8) is 0 Å². The monoisotopic (exact) mass is 342 g/mol. The number of hydrogen-bond donors (Lipinski definition) is 0. The lowest BCUT2D eigenvalue weighted by Crippen LogP contribution is -2.64. The minimum absolute atomic E-state index is 0.151. The van der Waals surface area contributed by atoms with Gasteiger partial charge in [-0.3, -0.25) is 9.88 Å². The molecular weight excluding hydrogens is 312 g/mol. The van der Waals surface area contributed by atoms with E-state index in [1.807, 2.05) is 33.0 Å². The zero-order valence-corrected chi connectivity index (χ0v) is 15.9. The molecule has 136 valence electrons. The van der Waals surface area contributed by atoms with E-state index in [0.717, 1.165) is 25.8 Å². The molecule has 1 saturated heterocycles. The molecule has 2 fully saturated rings. The Bertz CT molecular complexity index is 681. The fourth-order valence-electron chi connectivity index (χ4n) is 5.79. The molecule has 1 aromatic heterocycles. The summed E-state index contributed by atoms with van der Waals surface area (Å²) in [4.78, 5) is 19.9. The molecule has 0 aromatic carbocycles. The molecular formula is C21H30N2O2. The summed E-state index contributed by atoms with van der Waals surface area (Å²) in [6, 6.07) is 4.25. The van der Waals surface area contributed by atoms with Crippen molar-refractivity contribution in [2.75, 3.05) is 6.54 Å². The fourth-order valence-corrected chi connectivity index (χ4v) is 5.79. The number of hydrogen-bond acceptors (Lipinski definition) is 3. The first kappa shape index (κ1) is 16.9. The second-order valence-corrected chi connectivity index (χ2v) is 9.31. The molecule has 0 radical (unpaired) electrons. The van der Waals surface area contributed by atoms with Crippen LogP contribution in [0.2, 0.25) is 0 Å². The highest BCUT2D eigenvalue weighted by Crippen LogP contribution is 2.58. The van der Waals surface area contributed by atoms with Crippen LogP contribution in [0.3, 0.4) is 0 Å². The van der Waals surface area contributed by atoms with E-state index in [-0.39, 0.29) is 11.6 Å². The zero-order chi connectivity index (χ0) is 17.8. The van der Waals surface area contributed by atoms with Crippen molar-refractivity contribution >= 4 is 6.09 Å². The maximum absolute atomic E-state index is 13.2. The second-order valence-electron chi connectivity index (χ2n) is 9.31. The molecule has 0 unspecified atom stereocenters. The molecule has 4 heteroatoms. The number of piperidine rings is 1. The van der Waals surface area contributed by atoms with Crippen molar-refractivity contribution in [1.29, 1.82) is 0 Å². The number of amides is 1. The van der Waals surface area contributed by atoms with Crippen molar-refractivity contribution in [2.45, 2.75) is 70.9 Å². The average Bonchev–Trinajstić information content (AvgIpc) is 2.52. The third kappa shape index (κ3) is 2.65. The van der Waals surface area contributed by atoms with Crippen LogP contribution >= 0.6 is 0 Å². The first-order valence-corrected chi connectivity index (χ1v) is 9.76. The quantitative estimate of drug-likeness (QED) is 0.696. The summed E-state index contributed by atoms with van der Waals surface area (Å²) in [5.41, 5.74) is 1.80. The Morgan fingerprint density at radius 2 is 2.20 bits per heavy atom. The summed E-state index contributed by atoms with van der Waals surface area (Å²) < 4.78 is 5.83. The van der Waals surface area contributed by atoms with Crippen molar-refractivity contribution in [3.05, 3.63) is 29.6 Å². The predicted octanol–water partition coefficient (Wildman–Crippen LogP) is 4.53. The van der Waals surface area contributed by atoms with Crippen LogP contribution in [-0.4, -0.2) is 28.1 Å². The SMILES string of the molecule is C[C@@H]1C[C@H]2Cc3ncccc3[C@@]3(C1)[C@@H]2CCCN3C(=O)OC(C)(C)C. The molecule has 0 N–H and O–H groups in total. The van der Waals surface area contributed by atoms with E-state index in [1.54, 1.807) is 0 Å². The van der Waals surface area contributed by atoms with Gasteiger partial charge >= 0.3 is 6.09 Å². The number of likely N-dealkylation sites (tertiary alicyclic amines) is 1. The Hall–Kier alpha value is -1.58. The van der Waals surface area contributed by atoms with Crippen LogP contribution in [0.1, 0.15) is 64.6 Å². The number of carbonyl (C=O) groups is 1. The van der Waals surface area contributed by atoms with Gasteiger partial charge in [-0.2, -0.15) is 0 Å². The Kier molecular flexibility index (Phi) is 3.86. The van der Waals surface area contributed by atoms with E-state index in [9.17, 15) is 4.79 Å². The molecule has 1 aromatic rings. The maximum Gasteiger partial charge on any atom is 0.411 e. The van der Waals surface area contributed by atoms with Gasteiger partial charge in [-0.05, 0) is 82.3 Å². The van der Waals surface area contributed by atoms with E-state index < -0.39 is 5.60 Å². The summed E-state index contributed by atoms with van der Waals surface area (Å²) >= 11 is 0. The lowest BCUT2D eigenvalue weighted by atomic mass is 9.53. The van der Waals surface area contributed by atoms with Gasteiger partial charge in [-0.25, -0.2) is 4.79 Å². The van der Waals surface area contributed by atoms with E-state index in [4.69, 9.17) is 9.72 Å². The van der Waals surface area contributed by atoms with Gasteiger partial charge in [0.15, 0.2) is 0 Å². The van der Waals surface area contributed by atoms with Gasteiger partial charge in [0, 0.05) is 18.4 Å². The average molecular weight is 342 g/mol. The largest absolute Gasteiger partial charge is 0.444 e. The van der Waals surface area contributed by atoms with Gasteiger partial charge in [-0.15, -0.1) is 0 Å². The number of nitrogens with zero attached hydrogens (tertiary/aromatic N) is 2. The summed E-state index contributed by atoms with van der Waals surface area (Å²) in [6.07, 6.45) is 7.39. The van der Waals surface area contributed by atoms with Crippen LogP contribution in [0, 0.1) is 17.8 Å². The van der Waals surface area contributed by atoms with Crippen molar-refractivity contribution in [2.24, 2.45) is 17.8 Å². The summed E-state index contributed by atoms with van der Waals surface area (Å²) in [6.45, 7) is 8.99. The molecule has 1 saturated carbocycles. The topological polar surface area (TPSA) is 42.4 Å². The molecule has 4 rings (SSSR count). The Balaban J connectivity index is 1.83. The van der Waals surface area contributed by atoms with E-state index >= 15 is 0 Å². The molecule has 25 heavy (non-hydrogen) atoms. The summed E-state index contributed by atoms with van der Waals surface area (Å²) in [5.74, 6) is 1.80. The highest BCUT2D eigenvalue weighted by molar-refractivity contribution is 5.70. The van der Waals surface area contributed by atoms with Crippen LogP contribution in [0.4, 0.5) is 4.79 Å². The molecule has 2 heterocycles. The Morgan fingerprint density at radius 1 is 1.40 bits per heavy atom. The first-order valence-electron chi connectivity index (χ1n) is 9.76. The van der Waals surface area contributed by atoms with Gasteiger partial charge < -0.3 is 4.74 Å². The van der Waals surface area contributed by atoms with Crippen LogP contribution < -0.4 is 0 Å². The Morgan fingerprint density at radius 3 is 2.96 bits per heavy atom. The van der Waals surface area contributed by atoms with Gasteiger partial charge in [0.2, 0.25) is 0 Å². The smallest absolute Gasteiger partial charge is 0.411 e. The number of pyridine rings is 1. The van der Waals surface area contributed by atoms with Crippen molar-refractivity contribution in [1.82, 2.24) is 9.88 Å². The highest BCUT2D eigenvalue weighted by atomic mass is 16.6. The first-order chi connectivity index (χ1) is 11.8. The van der Waals surface area contributed by atoms with Crippen LogP contribution in [-0.2, 0) is 16.7 Å². The molecule has 2 aliphatic carbocycles. The molecule has 4 nitrogen and oxygen atoms in total. The van der Waals surface area contributed by atoms with Crippen LogP contribution in [0.5, 0.6) is 0 Å². The summed E-state index contributed by atoms with van der Waals surface area (Å²) in [5, 5.41) is 0. The zero-order valence-electron chi connectivity index (χ0n) is 15.9. The number of carbonyl (C=O) groups excluding carboxylic acids is 1. The molecule has 0 spiro atoms. The lowest BCUT2D eigenvalue weighted by molar-refractivity contribution is -0.0933. The minimum Gasteiger partial charge on any atom is -0.444 e. The number of rotatable bonds is 0. The highest BCUT2D eigenvalue weighted by Gasteiger charge is 2.59. The van der Waals surface area contributed by atoms with Gasteiger partial charge in [0.25, 0.3) is 0 Å². The molecule has 2 bridgehead atoms. The van der Waals surface area contributed by atoms with E-state index in [0.29, 0.717) is 17.8 Å². The second kappa shape index (κ2) is 5.72.